The lowest BCUT2D eigenvalue weighted by Crippen LogP contribution is -2.26. The van der Waals surface area contributed by atoms with E-state index in [4.69, 9.17) is 15.2 Å². The molecule has 3 aromatic heterocycles. The van der Waals surface area contributed by atoms with Gasteiger partial charge in [-0.25, -0.2) is 14.8 Å². The van der Waals surface area contributed by atoms with Crippen molar-refractivity contribution in [1.29, 1.82) is 0 Å². The first kappa shape index (κ1) is 19.6. The highest BCUT2D eigenvalue weighted by molar-refractivity contribution is 5.92. The number of anilines is 1. The summed E-state index contributed by atoms with van der Waals surface area (Å²) in [5.74, 6) is 0.379. The van der Waals surface area contributed by atoms with Crippen LogP contribution in [0.3, 0.4) is 0 Å². The molecule has 0 unspecified atom stereocenters. The van der Waals surface area contributed by atoms with Gasteiger partial charge in [0.2, 0.25) is 11.8 Å². The molecule has 0 aliphatic rings. The van der Waals surface area contributed by atoms with E-state index in [-0.39, 0.29) is 5.95 Å². The normalized spacial score (nSPS) is 11.7. The van der Waals surface area contributed by atoms with Crippen molar-refractivity contribution in [2.75, 3.05) is 12.3 Å². The number of carbonyl (C=O) groups excluding carboxylic acids is 1. The Balaban J connectivity index is 1.75. The molecule has 1 aromatic carbocycles. The predicted octanol–water partition coefficient (Wildman–Crippen LogP) is 3.81. The van der Waals surface area contributed by atoms with Crippen LogP contribution in [0.15, 0.2) is 36.7 Å². The number of hydrogen-bond acceptors (Lipinski definition) is 8. The molecule has 2 N–H and O–H groups in total. The van der Waals surface area contributed by atoms with Crippen LogP contribution < -0.4 is 10.5 Å². The summed E-state index contributed by atoms with van der Waals surface area (Å²) in [6.45, 7) is 7.77. The number of carbonyl (C=O) groups is 1. The van der Waals surface area contributed by atoms with Crippen molar-refractivity contribution in [2.24, 2.45) is 0 Å². The van der Waals surface area contributed by atoms with Gasteiger partial charge < -0.3 is 15.2 Å². The number of fused-ring (bicyclic) bond motifs is 2. The van der Waals surface area contributed by atoms with Gasteiger partial charge in [-0.3, -0.25) is 4.57 Å². The molecule has 9 nitrogen and oxygen atoms in total. The smallest absolute Gasteiger partial charge is 0.418 e. The molecular weight excluding hydrogens is 384 g/mol. The third-order valence-corrected chi connectivity index (χ3v) is 4.25. The molecule has 9 heteroatoms. The van der Waals surface area contributed by atoms with E-state index in [9.17, 15) is 4.79 Å². The van der Waals surface area contributed by atoms with E-state index < -0.39 is 11.7 Å². The van der Waals surface area contributed by atoms with E-state index in [1.807, 2.05) is 52.0 Å². The van der Waals surface area contributed by atoms with Crippen molar-refractivity contribution in [3.8, 4) is 17.1 Å². The van der Waals surface area contributed by atoms with Crippen molar-refractivity contribution >= 4 is 34.1 Å². The fourth-order valence-corrected chi connectivity index (χ4v) is 3.05. The second-order valence-corrected chi connectivity index (χ2v) is 7.69. The van der Waals surface area contributed by atoms with Crippen LogP contribution in [-0.2, 0) is 4.74 Å². The number of nitrogens with zero attached hydrogens (tertiary/aromatic N) is 5. The first-order valence-corrected chi connectivity index (χ1v) is 9.53. The number of nitrogen functional groups attached to an aromatic ring is 1. The maximum absolute atomic E-state index is 12.4. The summed E-state index contributed by atoms with van der Waals surface area (Å²) in [7, 11) is 0. The number of benzene rings is 1. The van der Waals surface area contributed by atoms with Gasteiger partial charge >= 0.3 is 6.09 Å². The molecule has 0 atom stereocenters. The monoisotopic (exact) mass is 406 g/mol. The molecule has 154 valence electrons. The summed E-state index contributed by atoms with van der Waals surface area (Å²) < 4.78 is 12.5. The summed E-state index contributed by atoms with van der Waals surface area (Å²) in [5.41, 5.74) is 8.16. The Hall–Kier alpha value is -3.75. The Morgan fingerprint density at radius 3 is 2.70 bits per heavy atom. The van der Waals surface area contributed by atoms with Gasteiger partial charge in [0.15, 0.2) is 11.2 Å². The Labute approximate surface area is 172 Å². The van der Waals surface area contributed by atoms with Gasteiger partial charge in [-0.05, 0) is 45.9 Å². The Morgan fingerprint density at radius 1 is 1.17 bits per heavy atom. The average Bonchev–Trinajstić information content (AvgIpc) is 3.10. The Kier molecular flexibility index (Phi) is 4.73. The molecule has 0 saturated carbocycles. The van der Waals surface area contributed by atoms with Crippen molar-refractivity contribution in [1.82, 2.24) is 24.5 Å². The van der Waals surface area contributed by atoms with Gasteiger partial charge in [-0.15, -0.1) is 0 Å². The highest BCUT2D eigenvalue weighted by Crippen LogP contribution is 2.27. The van der Waals surface area contributed by atoms with Crippen LogP contribution in [0.4, 0.5) is 10.7 Å². The maximum atomic E-state index is 12.4. The molecule has 30 heavy (non-hydrogen) atoms. The Morgan fingerprint density at radius 2 is 1.97 bits per heavy atom. The van der Waals surface area contributed by atoms with Crippen molar-refractivity contribution < 1.29 is 14.3 Å². The number of nitrogens with two attached hydrogens (primary N) is 1. The van der Waals surface area contributed by atoms with E-state index in [0.717, 1.165) is 16.5 Å². The number of hydrogen-bond donors (Lipinski definition) is 1. The van der Waals surface area contributed by atoms with Gasteiger partial charge in [0.25, 0.3) is 0 Å². The lowest BCUT2D eigenvalue weighted by atomic mass is 10.1. The standard InChI is InChI=1S/C21H22N6O3/c1-5-29-18-16-17(25-19(22)26-18)23-11-14(24-16)12-6-7-15-13(10-12)8-9-27(15)20(28)30-21(2,3)4/h6-11H,5H2,1-4H3,(H2,22,23,25,26). The summed E-state index contributed by atoms with van der Waals surface area (Å²) in [4.78, 5) is 29.7. The van der Waals surface area contributed by atoms with Gasteiger partial charge in [0, 0.05) is 17.1 Å². The maximum Gasteiger partial charge on any atom is 0.418 e. The van der Waals surface area contributed by atoms with E-state index in [2.05, 4.69) is 19.9 Å². The molecule has 0 amide bonds. The minimum Gasteiger partial charge on any atom is -0.476 e. The first-order valence-electron chi connectivity index (χ1n) is 9.53. The summed E-state index contributed by atoms with van der Waals surface area (Å²) in [6.07, 6.45) is 2.89. The fourth-order valence-electron chi connectivity index (χ4n) is 3.05. The molecular formula is C21H22N6O3. The summed E-state index contributed by atoms with van der Waals surface area (Å²) >= 11 is 0. The number of ether oxygens (including phenoxy) is 2. The van der Waals surface area contributed by atoms with E-state index in [1.165, 1.54) is 4.57 Å². The molecule has 3 heterocycles. The molecule has 4 rings (SSSR count). The van der Waals surface area contributed by atoms with Crippen LogP contribution in [0, 0.1) is 0 Å². The van der Waals surface area contributed by atoms with Crippen LogP contribution in [-0.4, -0.2) is 42.8 Å². The molecule has 0 fully saturated rings. The van der Waals surface area contributed by atoms with Crippen LogP contribution in [0.1, 0.15) is 27.7 Å². The van der Waals surface area contributed by atoms with Crippen LogP contribution in [0.5, 0.6) is 5.88 Å². The van der Waals surface area contributed by atoms with Gasteiger partial charge in [-0.2, -0.15) is 9.97 Å². The molecule has 0 aliphatic heterocycles. The molecule has 0 radical (unpaired) electrons. The summed E-state index contributed by atoms with van der Waals surface area (Å²) in [5, 5.41) is 0.874. The zero-order valence-corrected chi connectivity index (χ0v) is 17.2. The minimum atomic E-state index is -0.571. The van der Waals surface area contributed by atoms with Crippen molar-refractivity contribution in [3.63, 3.8) is 0 Å². The third-order valence-electron chi connectivity index (χ3n) is 4.25. The highest BCUT2D eigenvalue weighted by Gasteiger charge is 2.19. The average molecular weight is 406 g/mol. The first-order chi connectivity index (χ1) is 14.2. The van der Waals surface area contributed by atoms with Gasteiger partial charge in [0.05, 0.1) is 24.0 Å². The molecule has 0 aliphatic carbocycles. The number of aromatic nitrogens is 5. The van der Waals surface area contributed by atoms with Gasteiger partial charge in [-0.1, -0.05) is 6.07 Å². The van der Waals surface area contributed by atoms with Crippen molar-refractivity contribution in [3.05, 3.63) is 36.7 Å². The largest absolute Gasteiger partial charge is 0.476 e. The molecule has 4 aromatic rings. The highest BCUT2D eigenvalue weighted by atomic mass is 16.6. The zero-order valence-electron chi connectivity index (χ0n) is 17.2. The minimum absolute atomic E-state index is 0.0814. The van der Waals surface area contributed by atoms with Gasteiger partial charge in [0.1, 0.15) is 5.60 Å². The quantitative estimate of drug-likeness (QED) is 0.546. The second-order valence-electron chi connectivity index (χ2n) is 7.69. The topological polar surface area (TPSA) is 118 Å². The Bertz CT molecular complexity index is 1260. The SMILES string of the molecule is CCOc1nc(N)nc2ncc(-c3ccc4c(ccn4C(=O)OC(C)(C)C)c3)nc12. The molecule has 0 bridgehead atoms. The van der Waals surface area contributed by atoms with Crippen molar-refractivity contribution in [2.45, 2.75) is 33.3 Å². The fraction of sp³-hybridized carbons (Fsp3) is 0.286. The molecule has 0 spiro atoms. The summed E-state index contributed by atoms with van der Waals surface area (Å²) in [6, 6.07) is 7.51. The predicted molar refractivity (Wildman–Crippen MR) is 113 cm³/mol. The zero-order chi connectivity index (χ0) is 21.5. The van der Waals surface area contributed by atoms with Crippen LogP contribution >= 0.6 is 0 Å². The van der Waals surface area contributed by atoms with Crippen LogP contribution in [0.25, 0.3) is 33.3 Å². The van der Waals surface area contributed by atoms with E-state index in [0.29, 0.717) is 29.3 Å². The van der Waals surface area contributed by atoms with E-state index >= 15 is 0 Å². The third kappa shape index (κ3) is 3.73. The lowest BCUT2D eigenvalue weighted by Gasteiger charge is -2.19. The van der Waals surface area contributed by atoms with E-state index in [1.54, 1.807) is 12.4 Å². The number of rotatable bonds is 3. The van der Waals surface area contributed by atoms with Crippen LogP contribution in [0.2, 0.25) is 0 Å². The lowest BCUT2D eigenvalue weighted by molar-refractivity contribution is 0.0544. The molecule has 0 saturated heterocycles. The second kappa shape index (κ2) is 7.25.